The fourth-order valence-corrected chi connectivity index (χ4v) is 8.26. The molecule has 2 fully saturated rings. The number of nitriles is 2. The van der Waals surface area contributed by atoms with Gasteiger partial charge in [-0.15, -0.1) is 0 Å². The molecule has 2 aromatic carbocycles. The number of nitrogens with zero attached hydrogens (tertiary/aromatic N) is 4. The van der Waals surface area contributed by atoms with Gasteiger partial charge in [-0.3, -0.25) is 14.2 Å². The molecule has 0 bridgehead atoms. The van der Waals surface area contributed by atoms with Crippen LogP contribution >= 0.6 is 7.82 Å². The largest absolute Gasteiger partial charge is 0.756 e. The first-order valence-corrected chi connectivity index (χ1v) is 16.4. The van der Waals surface area contributed by atoms with E-state index >= 15 is 0 Å². The van der Waals surface area contributed by atoms with E-state index in [-0.39, 0.29) is 19.2 Å². The van der Waals surface area contributed by atoms with Gasteiger partial charge in [0.25, 0.3) is 7.82 Å². The van der Waals surface area contributed by atoms with Gasteiger partial charge < -0.3 is 33.2 Å². The molecule has 46 heavy (non-hydrogen) atoms. The summed E-state index contributed by atoms with van der Waals surface area (Å²) in [5.41, 5.74) is -0.931. The van der Waals surface area contributed by atoms with Gasteiger partial charge in [0.2, 0.25) is 11.8 Å². The van der Waals surface area contributed by atoms with E-state index < -0.39 is 43.3 Å². The number of rotatable bonds is 6. The molecule has 2 saturated heterocycles. The molecular weight excluding hydrogens is 611 g/mol. The number of ether oxygens (including phenoxy) is 2. The van der Waals surface area contributed by atoms with Crippen LogP contribution in [0.1, 0.15) is 95.1 Å². The number of benzene rings is 2. The quantitative estimate of drug-likeness (QED) is 0.401. The van der Waals surface area contributed by atoms with Crippen LogP contribution in [0.2, 0.25) is 0 Å². The Hall–Kier alpha value is -3.93. The molecule has 0 aromatic heterocycles. The van der Waals surface area contributed by atoms with E-state index in [4.69, 9.17) is 18.5 Å². The van der Waals surface area contributed by atoms with E-state index in [0.29, 0.717) is 72.5 Å². The summed E-state index contributed by atoms with van der Waals surface area (Å²) < 4.78 is 38.4. The van der Waals surface area contributed by atoms with Gasteiger partial charge in [0, 0.05) is 37.1 Å². The van der Waals surface area contributed by atoms with Gasteiger partial charge in [-0.1, -0.05) is 7.43 Å². The Morgan fingerprint density at radius 2 is 1.20 bits per heavy atom. The lowest BCUT2D eigenvalue weighted by Crippen LogP contribution is -2.57. The minimum atomic E-state index is -5.26. The van der Waals surface area contributed by atoms with Gasteiger partial charge in [-0.25, -0.2) is 0 Å². The Bertz CT molecular complexity index is 1580. The fraction of sp³-hybridized carbons (Fsp3) is 0.515. The first-order chi connectivity index (χ1) is 21.2. The van der Waals surface area contributed by atoms with Crippen LogP contribution in [-0.4, -0.2) is 58.1 Å². The third-order valence-electron chi connectivity index (χ3n) is 8.98. The van der Waals surface area contributed by atoms with Crippen molar-refractivity contribution in [3.8, 4) is 23.6 Å². The summed E-state index contributed by atoms with van der Waals surface area (Å²) in [5, 5.41) is 19.2. The van der Waals surface area contributed by atoms with E-state index in [9.17, 15) is 29.6 Å². The maximum atomic E-state index is 14.1. The molecule has 4 aliphatic rings. The van der Waals surface area contributed by atoms with Crippen LogP contribution < -0.4 is 14.4 Å². The normalized spacial score (nSPS) is 27.2. The van der Waals surface area contributed by atoms with Crippen molar-refractivity contribution in [2.24, 2.45) is 0 Å². The summed E-state index contributed by atoms with van der Waals surface area (Å²) in [6, 6.07) is 12.1. The second kappa shape index (κ2) is 12.0. The molecule has 13 heteroatoms. The van der Waals surface area contributed by atoms with Crippen molar-refractivity contribution in [2.75, 3.05) is 13.1 Å². The average Bonchev–Trinajstić information content (AvgIpc) is 3.60. The van der Waals surface area contributed by atoms with E-state index in [1.165, 1.54) is 0 Å². The van der Waals surface area contributed by atoms with Crippen molar-refractivity contribution >= 4 is 19.6 Å². The number of phosphoric ester groups is 1. The Balaban J connectivity index is 0.00000417. The van der Waals surface area contributed by atoms with Gasteiger partial charge >= 0.3 is 0 Å². The Morgan fingerprint density at radius 1 is 0.804 bits per heavy atom. The highest BCUT2D eigenvalue weighted by Crippen LogP contribution is 2.56. The lowest BCUT2D eigenvalue weighted by atomic mass is 9.85. The summed E-state index contributed by atoms with van der Waals surface area (Å²) in [6.07, 6.45) is -0.724. The molecule has 2 amide bonds. The van der Waals surface area contributed by atoms with Gasteiger partial charge in [-0.2, -0.15) is 10.5 Å². The van der Waals surface area contributed by atoms with Crippen LogP contribution in [-0.2, 0) is 23.2 Å². The molecule has 2 aromatic rings. The summed E-state index contributed by atoms with van der Waals surface area (Å²) in [7, 11) is -5.26. The maximum absolute atomic E-state index is 14.1. The summed E-state index contributed by atoms with van der Waals surface area (Å²) in [5.74, 6) is 0.509. The lowest BCUT2D eigenvalue weighted by molar-refractivity contribution is -0.253. The average molecular weight is 650 g/mol. The molecule has 0 saturated carbocycles. The summed E-state index contributed by atoms with van der Waals surface area (Å²) >= 11 is 0. The molecule has 244 valence electrons. The Morgan fingerprint density at radius 3 is 1.52 bits per heavy atom. The first kappa shape index (κ1) is 33.4. The van der Waals surface area contributed by atoms with Crippen molar-refractivity contribution in [3.63, 3.8) is 0 Å². The molecule has 12 nitrogen and oxygen atoms in total. The van der Waals surface area contributed by atoms with E-state index in [0.717, 1.165) is 0 Å². The standard InChI is InChI=1S/C32H35N4O8P.CH4/c1-31(2)29(27(35-13-5-7-25(35)37)21-15-19(17-33)9-11-23(21)41-31)43-45(39,40)44-30-28(36-14-6-8-26(36)38)22-16-20(18-34)10-12-24(22)42-32(30,3)4;/h9-12,15-16,27-30H,5-8,13-14H2,1-4H3,(H,39,40);1H4/p-1. The lowest BCUT2D eigenvalue weighted by Gasteiger charge is -2.51. The van der Waals surface area contributed by atoms with E-state index in [1.54, 1.807) is 73.9 Å². The molecule has 4 aliphatic heterocycles. The minimum absolute atomic E-state index is 0. The number of hydrogen-bond acceptors (Lipinski definition) is 10. The molecule has 4 unspecified atom stereocenters. The number of likely N-dealkylation sites (tertiary alicyclic amines) is 2. The summed E-state index contributed by atoms with van der Waals surface area (Å²) in [4.78, 5) is 43.3. The number of hydrogen-bond donors (Lipinski definition) is 0. The fourth-order valence-electron chi connectivity index (χ4n) is 6.91. The monoisotopic (exact) mass is 649 g/mol. The van der Waals surface area contributed by atoms with Gasteiger partial charge in [-0.05, 0) is 76.9 Å². The van der Waals surface area contributed by atoms with Crippen LogP contribution in [0.3, 0.4) is 0 Å². The Labute approximate surface area is 269 Å². The van der Waals surface area contributed by atoms with Crippen molar-refractivity contribution in [1.29, 1.82) is 10.5 Å². The smallest absolute Gasteiger partial charge is 0.268 e. The second-order valence-corrected chi connectivity index (χ2v) is 14.2. The molecule has 0 aliphatic carbocycles. The number of amides is 2. The van der Waals surface area contributed by atoms with Gasteiger partial charge in [0.05, 0.1) is 35.3 Å². The van der Waals surface area contributed by atoms with Crippen LogP contribution in [0.25, 0.3) is 0 Å². The zero-order chi connectivity index (χ0) is 32.3. The zero-order valence-electron chi connectivity index (χ0n) is 25.5. The molecule has 0 spiro atoms. The second-order valence-electron chi connectivity index (χ2n) is 12.9. The Kier molecular flexibility index (Phi) is 8.74. The predicted octanol–water partition coefficient (Wildman–Crippen LogP) is 4.67. The van der Waals surface area contributed by atoms with Crippen molar-refractivity contribution in [1.82, 2.24) is 9.80 Å². The highest BCUT2D eigenvalue weighted by atomic mass is 31.2. The number of fused-ring (bicyclic) bond motifs is 2. The predicted molar refractivity (Wildman–Crippen MR) is 163 cm³/mol. The number of carbonyl (C=O) groups is 2. The van der Waals surface area contributed by atoms with Crippen LogP contribution in [0.4, 0.5) is 0 Å². The van der Waals surface area contributed by atoms with Gasteiger partial charge in [0.1, 0.15) is 34.9 Å². The summed E-state index contributed by atoms with van der Waals surface area (Å²) in [6.45, 7) is 7.44. The molecule has 4 atom stereocenters. The molecule has 4 heterocycles. The van der Waals surface area contributed by atoms with Crippen LogP contribution in [0.5, 0.6) is 11.5 Å². The zero-order valence-corrected chi connectivity index (χ0v) is 26.4. The highest BCUT2D eigenvalue weighted by molar-refractivity contribution is 7.45. The minimum Gasteiger partial charge on any atom is -0.756 e. The highest BCUT2D eigenvalue weighted by Gasteiger charge is 2.54. The molecule has 0 radical (unpaired) electrons. The number of carbonyl (C=O) groups excluding carboxylic acids is 2. The molecular formula is C33H38N4O8P-. The first-order valence-electron chi connectivity index (χ1n) is 15.0. The molecule has 6 rings (SSSR count). The van der Waals surface area contributed by atoms with Crippen LogP contribution in [0.15, 0.2) is 36.4 Å². The SMILES string of the molecule is C.CC1(C)Oc2ccc(C#N)cc2C(N2CCCC2=O)C1OP(=O)([O-])OC1C(N2CCCC2=O)c2cc(C#N)ccc2OC1(C)C. The maximum Gasteiger partial charge on any atom is 0.268 e. The third kappa shape index (κ3) is 5.87. The van der Waals surface area contributed by atoms with Crippen molar-refractivity contribution < 1.29 is 37.6 Å². The third-order valence-corrected chi connectivity index (χ3v) is 9.95. The van der Waals surface area contributed by atoms with E-state index in [1.807, 2.05) is 0 Å². The van der Waals surface area contributed by atoms with Crippen molar-refractivity contribution in [3.05, 3.63) is 58.7 Å². The molecule has 0 N–H and O–H groups in total. The number of phosphoric acid groups is 1. The van der Waals surface area contributed by atoms with E-state index in [2.05, 4.69) is 12.1 Å². The van der Waals surface area contributed by atoms with Gasteiger partial charge in [0.15, 0.2) is 0 Å². The van der Waals surface area contributed by atoms with Crippen LogP contribution in [0, 0.1) is 22.7 Å². The topological polar surface area (TPSA) is 165 Å². The van der Waals surface area contributed by atoms with Crippen molar-refractivity contribution in [2.45, 2.75) is 96.3 Å².